The molecular weight excluding hydrogens is 673 g/mol. The van der Waals surface area contributed by atoms with Crippen LogP contribution in [0.1, 0.15) is 11.3 Å². The summed E-state index contributed by atoms with van der Waals surface area (Å²) in [6.07, 6.45) is 1.42. The Morgan fingerprint density at radius 3 is 2.48 bits per heavy atom. The largest absolute Gasteiger partial charge is 0.507 e. The van der Waals surface area contributed by atoms with Crippen molar-refractivity contribution in [1.29, 1.82) is 0 Å². The van der Waals surface area contributed by atoms with Crippen LogP contribution in [0.3, 0.4) is 0 Å². The van der Waals surface area contributed by atoms with Gasteiger partial charge in [0.15, 0.2) is 0 Å². The van der Waals surface area contributed by atoms with Crippen LogP contribution < -0.4 is 16.1 Å². The molecule has 0 radical (unpaired) electrons. The molecule has 4 aromatic rings. The Balaban J connectivity index is 0.00000442. The zero-order valence-electron chi connectivity index (χ0n) is 23.4. The molecule has 230 valence electrons. The van der Waals surface area contributed by atoms with E-state index >= 15 is 0 Å². The number of aromatic hydroxyl groups is 1. The third-order valence-electron chi connectivity index (χ3n) is 6.62. The van der Waals surface area contributed by atoms with E-state index in [0.717, 1.165) is 53.5 Å². The predicted molar refractivity (Wildman–Crippen MR) is 177 cm³/mol. The fraction of sp³-hybridized carbons (Fsp3) is 0.200. The van der Waals surface area contributed by atoms with Crippen LogP contribution in [0.25, 0.3) is 10.6 Å². The molecule has 0 aliphatic carbocycles. The third-order valence-corrected chi connectivity index (χ3v) is 8.06. The number of carbonyl (C=O) groups is 2. The van der Waals surface area contributed by atoms with Crippen LogP contribution in [0.4, 0.5) is 20.6 Å². The van der Waals surface area contributed by atoms with Gasteiger partial charge in [0.25, 0.3) is 5.91 Å². The van der Waals surface area contributed by atoms with Crippen LogP contribution in [0.5, 0.6) is 5.75 Å². The maximum absolute atomic E-state index is 13.3. The summed E-state index contributed by atoms with van der Waals surface area (Å²) in [5.74, 6) is -0.548. The van der Waals surface area contributed by atoms with Crippen LogP contribution in [-0.4, -0.2) is 70.8 Å². The Kier molecular flexibility index (Phi) is 11.8. The fourth-order valence-electron chi connectivity index (χ4n) is 4.44. The van der Waals surface area contributed by atoms with Crippen LogP contribution in [0, 0.1) is 5.82 Å². The summed E-state index contributed by atoms with van der Waals surface area (Å²) in [4.78, 5) is 33.7. The molecule has 5 rings (SSSR count). The summed E-state index contributed by atoms with van der Waals surface area (Å²) < 4.78 is 14.1. The Hall–Kier alpha value is -3.88. The molecule has 0 bridgehead atoms. The van der Waals surface area contributed by atoms with E-state index in [2.05, 4.69) is 52.3 Å². The van der Waals surface area contributed by atoms with Crippen molar-refractivity contribution < 1.29 is 19.1 Å². The molecule has 3 amide bonds. The summed E-state index contributed by atoms with van der Waals surface area (Å²) in [5, 5.41) is 22.1. The maximum atomic E-state index is 13.3. The molecule has 4 N–H and O–H groups in total. The van der Waals surface area contributed by atoms with Crippen molar-refractivity contribution in [3.05, 3.63) is 93.7 Å². The smallest absolute Gasteiger partial charge is 0.323 e. The molecule has 44 heavy (non-hydrogen) atoms. The predicted octanol–water partition coefficient (Wildman–Crippen LogP) is 5.75. The molecule has 0 atom stereocenters. The van der Waals surface area contributed by atoms with E-state index in [-0.39, 0.29) is 30.6 Å². The number of carbonyl (C=O) groups excluding carboxylic acids is 2. The van der Waals surface area contributed by atoms with Gasteiger partial charge in [-0.3, -0.25) is 14.6 Å². The normalized spacial score (nSPS) is 13.8. The summed E-state index contributed by atoms with van der Waals surface area (Å²) in [6, 6.07) is 17.6. The number of thiazole rings is 1. The topological polar surface area (TPSA) is 122 Å². The first kappa shape index (κ1) is 33.0. The van der Waals surface area contributed by atoms with E-state index in [9.17, 15) is 19.1 Å². The van der Waals surface area contributed by atoms with Crippen molar-refractivity contribution in [3.63, 3.8) is 0 Å². The van der Waals surface area contributed by atoms with Crippen LogP contribution >= 0.6 is 39.7 Å². The summed E-state index contributed by atoms with van der Waals surface area (Å²) >= 11 is 4.91. The molecule has 14 heteroatoms. The first-order valence-corrected chi connectivity index (χ1v) is 15.1. The van der Waals surface area contributed by atoms with Crippen LogP contribution in [0.15, 0.2) is 81.7 Å². The number of aromatic nitrogens is 1. The molecule has 0 saturated carbocycles. The number of phenolic OH excluding ortho intramolecular Hbond substituents is 1. The number of halogens is 3. The van der Waals surface area contributed by atoms with Gasteiger partial charge in [-0.1, -0.05) is 22.0 Å². The highest BCUT2D eigenvalue weighted by atomic mass is 79.9. The van der Waals surface area contributed by atoms with Gasteiger partial charge in [-0.2, -0.15) is 5.10 Å². The second kappa shape index (κ2) is 15.7. The first-order valence-electron chi connectivity index (χ1n) is 13.4. The van der Waals surface area contributed by atoms with E-state index in [1.165, 1.54) is 24.4 Å². The van der Waals surface area contributed by atoms with Gasteiger partial charge in [0.2, 0.25) is 0 Å². The molecule has 1 fully saturated rings. The molecule has 1 aliphatic heterocycles. The van der Waals surface area contributed by atoms with E-state index < -0.39 is 11.8 Å². The van der Waals surface area contributed by atoms with E-state index in [0.29, 0.717) is 16.9 Å². The average Bonchev–Trinajstić information content (AvgIpc) is 3.45. The molecule has 0 unspecified atom stereocenters. The zero-order valence-corrected chi connectivity index (χ0v) is 26.6. The molecule has 10 nitrogen and oxygen atoms in total. The van der Waals surface area contributed by atoms with Gasteiger partial charge in [-0.25, -0.2) is 19.6 Å². The number of phenols is 1. The molecule has 3 aromatic carbocycles. The monoisotopic (exact) mass is 701 g/mol. The lowest BCUT2D eigenvalue weighted by Gasteiger charge is -2.33. The molecule has 1 aliphatic rings. The quantitative estimate of drug-likeness (QED) is 0.130. The van der Waals surface area contributed by atoms with Gasteiger partial charge in [0.05, 0.1) is 18.5 Å². The summed E-state index contributed by atoms with van der Waals surface area (Å²) in [6.45, 7) is 4.09. The molecule has 1 saturated heterocycles. The Bertz CT molecular complexity index is 1610. The van der Waals surface area contributed by atoms with E-state index in [4.69, 9.17) is 4.98 Å². The van der Waals surface area contributed by atoms with Gasteiger partial charge in [0, 0.05) is 65.1 Å². The Morgan fingerprint density at radius 1 is 1.00 bits per heavy atom. The van der Waals surface area contributed by atoms with E-state index in [1.807, 2.05) is 12.1 Å². The number of hydrazone groups is 1. The van der Waals surface area contributed by atoms with Gasteiger partial charge in [-0.05, 0) is 60.7 Å². The summed E-state index contributed by atoms with van der Waals surface area (Å²) in [7, 11) is 0. The lowest BCUT2D eigenvalue weighted by atomic mass is 10.2. The number of amides is 3. The Labute approximate surface area is 272 Å². The van der Waals surface area contributed by atoms with Gasteiger partial charge < -0.3 is 15.7 Å². The number of piperazine rings is 1. The number of anilines is 2. The third kappa shape index (κ3) is 9.56. The van der Waals surface area contributed by atoms with Crippen molar-refractivity contribution in [1.82, 2.24) is 20.2 Å². The van der Waals surface area contributed by atoms with Gasteiger partial charge in [0.1, 0.15) is 16.6 Å². The van der Waals surface area contributed by atoms with Crippen LogP contribution in [0.2, 0.25) is 0 Å². The lowest BCUT2D eigenvalue weighted by Crippen LogP contribution is -2.48. The minimum Gasteiger partial charge on any atom is -0.507 e. The SMILES string of the molecule is Cl.O=C(CN1CCN(Cc2csc(-c3ccc(NC(=O)Nc4cccc(F)c4)cc3)n2)CC1)N/N=C/c1cc(Br)ccc1O. The number of rotatable bonds is 9. The van der Waals surface area contributed by atoms with Crippen molar-refractivity contribution in [2.75, 3.05) is 43.4 Å². The van der Waals surface area contributed by atoms with Gasteiger partial charge in [-0.15, -0.1) is 23.7 Å². The van der Waals surface area contributed by atoms with Crippen molar-refractivity contribution in [2.24, 2.45) is 5.10 Å². The number of nitrogens with one attached hydrogen (secondary N) is 3. The lowest BCUT2D eigenvalue weighted by molar-refractivity contribution is -0.122. The number of hydrogen-bond donors (Lipinski definition) is 4. The maximum Gasteiger partial charge on any atom is 0.323 e. The molecule has 2 heterocycles. The number of urea groups is 1. The Morgan fingerprint density at radius 2 is 1.73 bits per heavy atom. The van der Waals surface area contributed by atoms with Crippen LogP contribution in [-0.2, 0) is 11.3 Å². The highest BCUT2D eigenvalue weighted by molar-refractivity contribution is 9.10. The summed E-state index contributed by atoms with van der Waals surface area (Å²) in [5.41, 5.74) is 5.93. The first-order chi connectivity index (χ1) is 20.8. The molecule has 1 aromatic heterocycles. The second-order valence-corrected chi connectivity index (χ2v) is 11.6. The molecule has 0 spiro atoms. The fourth-order valence-corrected chi connectivity index (χ4v) is 5.64. The zero-order chi connectivity index (χ0) is 30.2. The van der Waals surface area contributed by atoms with Crippen molar-refractivity contribution in [2.45, 2.75) is 6.54 Å². The highest BCUT2D eigenvalue weighted by Gasteiger charge is 2.20. The highest BCUT2D eigenvalue weighted by Crippen LogP contribution is 2.26. The van der Waals surface area contributed by atoms with Gasteiger partial charge >= 0.3 is 6.03 Å². The van der Waals surface area contributed by atoms with Crippen molar-refractivity contribution >= 4 is 69.2 Å². The number of benzene rings is 3. The average molecular weight is 703 g/mol. The minimum absolute atomic E-state index is 0. The standard InChI is InChI=1S/C30H29BrFN7O3S.ClH/c31-22-6-9-27(40)21(14-22)16-33-37-28(41)18-39-12-10-38(11-13-39)17-26-19-43-29(34-26)20-4-7-24(8-5-20)35-30(42)36-25-3-1-2-23(32)15-25;/h1-9,14-16,19,40H,10-13,17-18H2,(H,37,41)(H2,35,36,42);1H/b33-16+;. The number of nitrogens with zero attached hydrogens (tertiary/aromatic N) is 4. The number of hydrogen-bond acceptors (Lipinski definition) is 8. The van der Waals surface area contributed by atoms with Crippen molar-refractivity contribution in [3.8, 4) is 16.3 Å². The van der Waals surface area contributed by atoms with E-state index in [1.54, 1.807) is 47.7 Å². The minimum atomic E-state index is -0.457. The second-order valence-electron chi connectivity index (χ2n) is 9.86. The molecular formula is C30H30BrClFN7O3S.